The van der Waals surface area contributed by atoms with Crippen LogP contribution in [0, 0.1) is 11.6 Å². The van der Waals surface area contributed by atoms with Crippen molar-refractivity contribution in [3.8, 4) is 22.8 Å². The Labute approximate surface area is 178 Å². The highest BCUT2D eigenvalue weighted by molar-refractivity contribution is 5.97. The first-order chi connectivity index (χ1) is 14.9. The molecule has 0 unspecified atom stereocenters. The van der Waals surface area contributed by atoms with Crippen LogP contribution in [0.3, 0.4) is 0 Å². The number of aromatic nitrogens is 2. The summed E-state index contributed by atoms with van der Waals surface area (Å²) in [5, 5.41) is 4.45. The Hall–Kier alpha value is -3.42. The second kappa shape index (κ2) is 7.08. The molecule has 0 bridgehead atoms. The van der Waals surface area contributed by atoms with Crippen LogP contribution < -0.4 is 9.47 Å². The van der Waals surface area contributed by atoms with Crippen molar-refractivity contribution in [2.24, 2.45) is 7.05 Å². The molecule has 160 valence electrons. The maximum atomic E-state index is 13.8. The maximum absolute atomic E-state index is 13.8. The molecule has 3 heterocycles. The molecule has 1 amide bonds. The Morgan fingerprint density at radius 1 is 1.16 bits per heavy atom. The van der Waals surface area contributed by atoms with Crippen molar-refractivity contribution >= 4 is 5.91 Å². The van der Waals surface area contributed by atoms with Crippen LogP contribution in [-0.2, 0) is 12.6 Å². The van der Waals surface area contributed by atoms with Crippen LogP contribution in [0.2, 0.25) is 0 Å². The number of methoxy groups -OCH3 is 1. The van der Waals surface area contributed by atoms with Gasteiger partial charge in [0.15, 0.2) is 11.6 Å². The topological polar surface area (TPSA) is 56.6 Å². The molecule has 0 aliphatic carbocycles. The van der Waals surface area contributed by atoms with Gasteiger partial charge < -0.3 is 14.4 Å². The fourth-order valence-corrected chi connectivity index (χ4v) is 4.58. The molecule has 1 aromatic heterocycles. The number of ether oxygens (including phenoxy) is 2. The lowest BCUT2D eigenvalue weighted by Gasteiger charge is -2.44. The summed E-state index contributed by atoms with van der Waals surface area (Å²) in [6, 6.07) is 9.65. The van der Waals surface area contributed by atoms with Crippen molar-refractivity contribution in [1.29, 1.82) is 0 Å². The fraction of sp³-hybridized carbons (Fsp3) is 0.304. The van der Waals surface area contributed by atoms with E-state index in [2.05, 4.69) is 5.10 Å². The first-order valence-electron chi connectivity index (χ1n) is 10.1. The largest absolute Gasteiger partial charge is 0.496 e. The molecule has 1 saturated heterocycles. The van der Waals surface area contributed by atoms with Crippen molar-refractivity contribution in [1.82, 2.24) is 14.7 Å². The van der Waals surface area contributed by atoms with E-state index >= 15 is 0 Å². The minimum atomic E-state index is -1.08. The van der Waals surface area contributed by atoms with E-state index in [1.54, 1.807) is 4.90 Å². The maximum Gasteiger partial charge on any atom is 0.257 e. The number of carbonyl (C=O) groups is 1. The predicted molar refractivity (Wildman–Crippen MR) is 109 cm³/mol. The van der Waals surface area contributed by atoms with Gasteiger partial charge in [0.1, 0.15) is 17.1 Å². The molecule has 6 nitrogen and oxygen atoms in total. The highest BCUT2D eigenvalue weighted by atomic mass is 19.2. The van der Waals surface area contributed by atoms with Gasteiger partial charge in [0, 0.05) is 50.2 Å². The number of likely N-dealkylation sites (tertiary alicyclic amines) is 1. The molecule has 1 fully saturated rings. The van der Waals surface area contributed by atoms with Gasteiger partial charge in [0.25, 0.3) is 5.91 Å². The van der Waals surface area contributed by atoms with Crippen molar-refractivity contribution in [3.05, 3.63) is 65.4 Å². The fourth-order valence-electron chi connectivity index (χ4n) is 4.58. The molecule has 0 N–H and O–H groups in total. The second-order valence-corrected chi connectivity index (χ2v) is 7.88. The number of halogens is 2. The predicted octanol–water partition coefficient (Wildman–Crippen LogP) is 3.90. The first kappa shape index (κ1) is 19.5. The van der Waals surface area contributed by atoms with E-state index in [0.29, 0.717) is 25.9 Å². The zero-order valence-corrected chi connectivity index (χ0v) is 17.2. The quantitative estimate of drug-likeness (QED) is 0.625. The lowest BCUT2D eigenvalue weighted by molar-refractivity contribution is -0.00181. The van der Waals surface area contributed by atoms with Crippen molar-refractivity contribution in [3.63, 3.8) is 0 Å². The van der Waals surface area contributed by atoms with Crippen LogP contribution in [0.25, 0.3) is 11.3 Å². The van der Waals surface area contributed by atoms with Crippen LogP contribution >= 0.6 is 0 Å². The number of benzene rings is 2. The van der Waals surface area contributed by atoms with Gasteiger partial charge in [-0.05, 0) is 18.2 Å². The zero-order valence-electron chi connectivity index (χ0n) is 17.2. The van der Waals surface area contributed by atoms with Gasteiger partial charge in [-0.15, -0.1) is 0 Å². The van der Waals surface area contributed by atoms with Gasteiger partial charge in [0.05, 0.1) is 24.6 Å². The third kappa shape index (κ3) is 2.97. The average Bonchev–Trinajstić information content (AvgIpc) is 3.18. The van der Waals surface area contributed by atoms with E-state index in [1.807, 2.05) is 42.2 Å². The number of hydrogen-bond acceptors (Lipinski definition) is 4. The minimum Gasteiger partial charge on any atom is -0.496 e. The molecule has 1 spiro atoms. The number of amides is 1. The van der Waals surface area contributed by atoms with Crippen molar-refractivity contribution in [2.45, 2.75) is 18.4 Å². The van der Waals surface area contributed by atoms with Crippen molar-refractivity contribution < 1.29 is 23.0 Å². The van der Waals surface area contributed by atoms with Gasteiger partial charge in [-0.3, -0.25) is 9.48 Å². The summed E-state index contributed by atoms with van der Waals surface area (Å²) in [5.74, 6) is -1.72. The lowest BCUT2D eigenvalue weighted by Crippen LogP contribution is -2.49. The van der Waals surface area contributed by atoms with E-state index in [9.17, 15) is 13.6 Å². The molecule has 2 aliphatic heterocycles. The summed E-state index contributed by atoms with van der Waals surface area (Å²) < 4.78 is 40.8. The number of carbonyl (C=O) groups excluding carboxylic acids is 1. The van der Waals surface area contributed by atoms with E-state index in [0.717, 1.165) is 34.7 Å². The van der Waals surface area contributed by atoms with Gasteiger partial charge in [-0.2, -0.15) is 5.10 Å². The third-order valence-corrected chi connectivity index (χ3v) is 6.21. The van der Waals surface area contributed by atoms with E-state index in [-0.39, 0.29) is 11.3 Å². The van der Waals surface area contributed by atoms with Gasteiger partial charge in [0.2, 0.25) is 0 Å². The molecule has 8 heteroatoms. The normalized spacial score (nSPS) is 16.5. The SMILES string of the molecule is COc1cc(F)c(F)cc1C(=O)N1CCC2(CC1)Oc1ccccc1-c1c2cnn1C. The number of hydrogen-bond donors (Lipinski definition) is 0. The number of piperidine rings is 1. The van der Waals surface area contributed by atoms with Gasteiger partial charge in [-0.25, -0.2) is 8.78 Å². The number of fused-ring (bicyclic) bond motifs is 4. The van der Waals surface area contributed by atoms with Crippen molar-refractivity contribution in [2.75, 3.05) is 20.2 Å². The Bertz CT molecular complexity index is 1180. The number of nitrogens with zero attached hydrogens (tertiary/aromatic N) is 3. The molecule has 5 rings (SSSR count). The molecule has 2 aliphatic rings. The highest BCUT2D eigenvalue weighted by Crippen LogP contribution is 2.49. The monoisotopic (exact) mass is 425 g/mol. The molecule has 31 heavy (non-hydrogen) atoms. The van der Waals surface area contributed by atoms with E-state index in [1.165, 1.54) is 7.11 Å². The Kier molecular flexibility index (Phi) is 4.46. The summed E-state index contributed by atoms with van der Waals surface area (Å²) in [5.41, 5.74) is 2.44. The molecule has 2 aromatic carbocycles. The Morgan fingerprint density at radius 3 is 2.61 bits per heavy atom. The molecule has 0 atom stereocenters. The van der Waals surface area contributed by atoms with Crippen LogP contribution in [0.15, 0.2) is 42.6 Å². The molecular weight excluding hydrogens is 404 g/mol. The van der Waals surface area contributed by atoms with Crippen LogP contribution in [-0.4, -0.2) is 40.8 Å². The lowest BCUT2D eigenvalue weighted by atomic mass is 9.81. The minimum absolute atomic E-state index is 0.00863. The summed E-state index contributed by atoms with van der Waals surface area (Å²) in [4.78, 5) is 14.7. The third-order valence-electron chi connectivity index (χ3n) is 6.21. The second-order valence-electron chi connectivity index (χ2n) is 7.88. The Morgan fingerprint density at radius 2 is 1.87 bits per heavy atom. The molecule has 0 saturated carbocycles. The summed E-state index contributed by atoms with van der Waals surface area (Å²) in [6.07, 6.45) is 2.94. The van der Waals surface area contributed by atoms with Crippen LogP contribution in [0.5, 0.6) is 11.5 Å². The number of para-hydroxylation sites is 1. The Balaban J connectivity index is 1.44. The molecular formula is C23H21F2N3O3. The number of rotatable bonds is 2. The summed E-state index contributed by atoms with van der Waals surface area (Å²) >= 11 is 0. The smallest absolute Gasteiger partial charge is 0.257 e. The molecule has 0 radical (unpaired) electrons. The molecule has 3 aromatic rings. The number of aryl methyl sites for hydroxylation is 1. The van der Waals surface area contributed by atoms with Crippen LogP contribution in [0.4, 0.5) is 8.78 Å². The summed E-state index contributed by atoms with van der Waals surface area (Å²) in [6.45, 7) is 0.801. The van der Waals surface area contributed by atoms with E-state index < -0.39 is 23.1 Å². The average molecular weight is 425 g/mol. The standard InChI is InChI=1S/C23H21F2N3O3/c1-27-21-14-5-3-4-6-19(14)31-23(16(21)13-26-27)7-9-28(10-8-23)22(29)15-11-17(24)18(25)12-20(15)30-2/h3-6,11-13H,7-10H2,1-2H3. The van der Waals surface area contributed by atoms with Gasteiger partial charge in [-0.1, -0.05) is 12.1 Å². The van der Waals surface area contributed by atoms with Gasteiger partial charge >= 0.3 is 0 Å². The van der Waals surface area contributed by atoms with Crippen LogP contribution in [0.1, 0.15) is 28.8 Å². The first-order valence-corrected chi connectivity index (χ1v) is 10.1. The zero-order chi connectivity index (χ0) is 21.8. The van der Waals surface area contributed by atoms with E-state index in [4.69, 9.17) is 9.47 Å². The highest BCUT2D eigenvalue weighted by Gasteiger charge is 2.46. The summed E-state index contributed by atoms with van der Waals surface area (Å²) in [7, 11) is 3.23.